The molecule has 0 radical (unpaired) electrons. The van der Waals surface area contributed by atoms with Crippen molar-refractivity contribution in [1.82, 2.24) is 10.6 Å². The summed E-state index contributed by atoms with van der Waals surface area (Å²) in [5.41, 5.74) is 0.685. The van der Waals surface area contributed by atoms with Crippen LogP contribution in [0, 0.1) is 5.41 Å². The van der Waals surface area contributed by atoms with Gasteiger partial charge in [-0.05, 0) is 63.6 Å². The molecule has 2 fully saturated rings. The highest BCUT2D eigenvalue weighted by molar-refractivity contribution is 4.94. The number of piperidine rings is 1. The smallest absolute Gasteiger partial charge is 0.0599 e. The fourth-order valence-corrected chi connectivity index (χ4v) is 2.99. The molecule has 1 aliphatic heterocycles. The first-order valence-electron chi connectivity index (χ1n) is 7.88. The van der Waals surface area contributed by atoms with Crippen LogP contribution in [-0.2, 0) is 4.74 Å². The van der Waals surface area contributed by atoms with Gasteiger partial charge in [-0.3, -0.25) is 0 Å². The summed E-state index contributed by atoms with van der Waals surface area (Å²) < 4.78 is 5.90. The molecular formula is C15H30N2O. The quantitative estimate of drug-likeness (QED) is 0.620. The maximum absolute atomic E-state index is 5.90. The Morgan fingerprint density at radius 2 is 2.06 bits per heavy atom. The van der Waals surface area contributed by atoms with E-state index in [0.29, 0.717) is 11.5 Å². The Labute approximate surface area is 112 Å². The summed E-state index contributed by atoms with van der Waals surface area (Å²) in [7, 11) is 0. The topological polar surface area (TPSA) is 33.3 Å². The third kappa shape index (κ3) is 4.87. The van der Waals surface area contributed by atoms with Crippen LogP contribution in [0.5, 0.6) is 0 Å². The van der Waals surface area contributed by atoms with Gasteiger partial charge in [0, 0.05) is 13.2 Å². The second-order valence-corrected chi connectivity index (χ2v) is 6.10. The number of ether oxygens (including phenoxy) is 1. The third-order valence-corrected chi connectivity index (χ3v) is 4.38. The van der Waals surface area contributed by atoms with Crippen molar-refractivity contribution in [3.05, 3.63) is 0 Å². The summed E-state index contributed by atoms with van der Waals surface area (Å²) in [4.78, 5) is 0. The van der Waals surface area contributed by atoms with E-state index in [0.717, 1.165) is 32.7 Å². The highest BCUT2D eigenvalue weighted by Crippen LogP contribution is 2.48. The standard InChI is InChI=1S/C15H30N2O/c1-2-6-15(7-8-15)13-17-9-3-12-18-14-4-10-16-11-5-14/h14,16-17H,2-13H2,1H3. The van der Waals surface area contributed by atoms with Gasteiger partial charge >= 0.3 is 0 Å². The lowest BCUT2D eigenvalue weighted by Gasteiger charge is -2.23. The second kappa shape index (κ2) is 7.46. The van der Waals surface area contributed by atoms with E-state index < -0.39 is 0 Å². The van der Waals surface area contributed by atoms with Crippen molar-refractivity contribution in [3.8, 4) is 0 Å². The molecular weight excluding hydrogens is 224 g/mol. The molecule has 0 aromatic rings. The van der Waals surface area contributed by atoms with E-state index in [1.54, 1.807) is 0 Å². The molecule has 106 valence electrons. The maximum Gasteiger partial charge on any atom is 0.0599 e. The van der Waals surface area contributed by atoms with Gasteiger partial charge in [0.2, 0.25) is 0 Å². The lowest BCUT2D eigenvalue weighted by atomic mass is 10.0. The molecule has 3 heteroatoms. The van der Waals surface area contributed by atoms with E-state index in [2.05, 4.69) is 17.6 Å². The van der Waals surface area contributed by atoms with Gasteiger partial charge in [0.15, 0.2) is 0 Å². The van der Waals surface area contributed by atoms with Gasteiger partial charge < -0.3 is 15.4 Å². The summed E-state index contributed by atoms with van der Waals surface area (Å²) in [5, 5.41) is 6.99. The fraction of sp³-hybridized carbons (Fsp3) is 1.00. The number of rotatable bonds is 9. The zero-order valence-electron chi connectivity index (χ0n) is 12.0. The van der Waals surface area contributed by atoms with Crippen LogP contribution in [0.4, 0.5) is 0 Å². The maximum atomic E-state index is 5.90. The Kier molecular flexibility index (Phi) is 5.93. The predicted octanol–water partition coefficient (Wildman–Crippen LogP) is 2.31. The lowest BCUT2D eigenvalue weighted by molar-refractivity contribution is 0.0317. The molecule has 2 aliphatic rings. The van der Waals surface area contributed by atoms with E-state index in [1.165, 1.54) is 45.1 Å². The molecule has 0 unspecified atom stereocenters. The Morgan fingerprint density at radius 3 is 2.72 bits per heavy atom. The van der Waals surface area contributed by atoms with Gasteiger partial charge in [0.1, 0.15) is 0 Å². The molecule has 0 aromatic heterocycles. The van der Waals surface area contributed by atoms with Crippen LogP contribution >= 0.6 is 0 Å². The average molecular weight is 254 g/mol. The Morgan fingerprint density at radius 1 is 1.28 bits per heavy atom. The largest absolute Gasteiger partial charge is 0.378 e. The fourth-order valence-electron chi connectivity index (χ4n) is 2.99. The van der Waals surface area contributed by atoms with Crippen LogP contribution in [0.1, 0.15) is 51.9 Å². The SMILES string of the molecule is CCCC1(CNCCCOC2CCNCC2)CC1. The average Bonchev–Trinajstić information content (AvgIpc) is 3.15. The minimum absolute atomic E-state index is 0.515. The lowest BCUT2D eigenvalue weighted by Crippen LogP contribution is -2.33. The Bertz CT molecular complexity index is 223. The second-order valence-electron chi connectivity index (χ2n) is 6.10. The van der Waals surface area contributed by atoms with Crippen molar-refractivity contribution in [2.45, 2.75) is 58.0 Å². The van der Waals surface area contributed by atoms with Crippen LogP contribution in [-0.4, -0.2) is 38.9 Å². The van der Waals surface area contributed by atoms with Crippen molar-refractivity contribution >= 4 is 0 Å². The van der Waals surface area contributed by atoms with Crippen LogP contribution < -0.4 is 10.6 Å². The Hall–Kier alpha value is -0.120. The van der Waals surface area contributed by atoms with Crippen LogP contribution in [0.25, 0.3) is 0 Å². The molecule has 1 saturated heterocycles. The van der Waals surface area contributed by atoms with Gasteiger partial charge in [-0.25, -0.2) is 0 Å². The molecule has 0 amide bonds. The summed E-state index contributed by atoms with van der Waals surface area (Å²) in [6, 6.07) is 0. The molecule has 18 heavy (non-hydrogen) atoms. The van der Waals surface area contributed by atoms with Crippen molar-refractivity contribution in [3.63, 3.8) is 0 Å². The molecule has 3 nitrogen and oxygen atoms in total. The summed E-state index contributed by atoms with van der Waals surface area (Å²) in [6.45, 7) is 7.83. The molecule has 0 spiro atoms. The molecule has 0 bridgehead atoms. The number of hydrogen-bond donors (Lipinski definition) is 2. The first-order chi connectivity index (χ1) is 8.85. The van der Waals surface area contributed by atoms with Crippen molar-refractivity contribution in [2.75, 3.05) is 32.8 Å². The van der Waals surface area contributed by atoms with Gasteiger partial charge in [-0.15, -0.1) is 0 Å². The zero-order valence-corrected chi connectivity index (χ0v) is 12.0. The van der Waals surface area contributed by atoms with Gasteiger partial charge in [0.05, 0.1) is 6.10 Å². The first-order valence-corrected chi connectivity index (χ1v) is 7.88. The minimum atomic E-state index is 0.515. The monoisotopic (exact) mass is 254 g/mol. The van der Waals surface area contributed by atoms with Crippen molar-refractivity contribution in [1.29, 1.82) is 0 Å². The summed E-state index contributed by atoms with van der Waals surface area (Å²) in [5.74, 6) is 0. The van der Waals surface area contributed by atoms with Crippen LogP contribution in [0.3, 0.4) is 0 Å². The summed E-state index contributed by atoms with van der Waals surface area (Å²) >= 11 is 0. The molecule has 2 N–H and O–H groups in total. The molecule has 0 atom stereocenters. The number of nitrogens with one attached hydrogen (secondary N) is 2. The highest BCUT2D eigenvalue weighted by Gasteiger charge is 2.40. The minimum Gasteiger partial charge on any atom is -0.378 e. The molecule has 1 saturated carbocycles. The highest BCUT2D eigenvalue weighted by atomic mass is 16.5. The van der Waals surface area contributed by atoms with Crippen molar-refractivity contribution in [2.24, 2.45) is 5.41 Å². The van der Waals surface area contributed by atoms with Crippen LogP contribution in [0.2, 0.25) is 0 Å². The van der Waals surface area contributed by atoms with E-state index >= 15 is 0 Å². The van der Waals surface area contributed by atoms with E-state index in [9.17, 15) is 0 Å². The summed E-state index contributed by atoms with van der Waals surface area (Å²) in [6.07, 6.45) is 9.68. The van der Waals surface area contributed by atoms with Crippen LogP contribution in [0.15, 0.2) is 0 Å². The van der Waals surface area contributed by atoms with Crippen molar-refractivity contribution < 1.29 is 4.74 Å². The molecule has 1 aliphatic carbocycles. The van der Waals surface area contributed by atoms with Gasteiger partial charge in [0.25, 0.3) is 0 Å². The van der Waals surface area contributed by atoms with E-state index in [1.807, 2.05) is 0 Å². The van der Waals surface area contributed by atoms with E-state index in [-0.39, 0.29) is 0 Å². The normalized spacial score (nSPS) is 23.2. The molecule has 0 aromatic carbocycles. The van der Waals surface area contributed by atoms with E-state index in [4.69, 9.17) is 4.74 Å². The van der Waals surface area contributed by atoms with Gasteiger partial charge in [-0.2, -0.15) is 0 Å². The first kappa shape index (κ1) is 14.3. The molecule has 1 heterocycles. The van der Waals surface area contributed by atoms with Gasteiger partial charge in [-0.1, -0.05) is 13.3 Å². The number of hydrogen-bond acceptors (Lipinski definition) is 3. The molecule has 2 rings (SSSR count). The predicted molar refractivity (Wildman–Crippen MR) is 75.9 cm³/mol. The zero-order chi connectivity index (χ0) is 12.7. The third-order valence-electron chi connectivity index (χ3n) is 4.38. The Balaban J connectivity index is 1.42.